The first-order valence-corrected chi connectivity index (χ1v) is 7.26. The van der Waals surface area contributed by atoms with Crippen molar-refractivity contribution in [3.63, 3.8) is 0 Å². The van der Waals surface area contributed by atoms with E-state index in [4.69, 9.17) is 0 Å². The third-order valence-corrected chi connectivity index (χ3v) is 6.67. The molecule has 0 saturated heterocycles. The summed E-state index contributed by atoms with van der Waals surface area (Å²) in [5.41, 5.74) is -2.25. The maximum Gasteiger partial charge on any atom is 0.145 e. The maximum absolute atomic E-state index is 12.8. The molecule has 0 radical (unpaired) electrons. The van der Waals surface area contributed by atoms with Gasteiger partial charge in [-0.1, -0.05) is 6.92 Å². The highest BCUT2D eigenvalue weighted by molar-refractivity contribution is 5.93. The Morgan fingerprint density at radius 1 is 1.42 bits per heavy atom. The third-order valence-electron chi connectivity index (χ3n) is 6.67. The van der Waals surface area contributed by atoms with Gasteiger partial charge >= 0.3 is 0 Å². The van der Waals surface area contributed by atoms with Gasteiger partial charge in [0.15, 0.2) is 0 Å². The molecular formula is C15H24O4. The third kappa shape index (κ3) is 1.28. The summed E-state index contributed by atoms with van der Waals surface area (Å²) in [4.78, 5) is 12.8. The zero-order valence-corrected chi connectivity index (χ0v) is 11.9. The highest BCUT2D eigenvalue weighted by atomic mass is 16.3. The van der Waals surface area contributed by atoms with Gasteiger partial charge in [0, 0.05) is 11.3 Å². The predicted octanol–water partition coefficient (Wildman–Crippen LogP) is 0.732. The molecule has 108 valence electrons. The quantitative estimate of drug-likeness (QED) is 0.690. The first kappa shape index (κ1) is 13.5. The molecule has 0 heterocycles. The Labute approximate surface area is 113 Å². The minimum absolute atomic E-state index is 0.0809. The van der Waals surface area contributed by atoms with Gasteiger partial charge in [0.25, 0.3) is 0 Å². The molecule has 0 amide bonds. The molecule has 4 nitrogen and oxygen atoms in total. The summed E-state index contributed by atoms with van der Waals surface area (Å²) in [6, 6.07) is 0. The van der Waals surface area contributed by atoms with Gasteiger partial charge < -0.3 is 15.3 Å². The van der Waals surface area contributed by atoms with E-state index in [0.29, 0.717) is 12.8 Å². The Morgan fingerprint density at radius 2 is 2.05 bits per heavy atom. The topological polar surface area (TPSA) is 77.8 Å². The van der Waals surface area contributed by atoms with Crippen LogP contribution in [0.15, 0.2) is 0 Å². The van der Waals surface area contributed by atoms with Crippen LogP contribution in [0.3, 0.4) is 0 Å². The fourth-order valence-electron chi connectivity index (χ4n) is 5.49. The Morgan fingerprint density at radius 3 is 2.58 bits per heavy atom. The normalized spacial score (nSPS) is 52.8. The van der Waals surface area contributed by atoms with Gasteiger partial charge in [-0.15, -0.1) is 0 Å². The standard InChI is InChI=1S/C15H24O4/c1-13(2,19)9-6-10(17)14(3)8-4-5-15(14,7-16)12(18)11(8)9/h8-11,16-17,19H,4-7H2,1-3H3/t8-,9+,10+,11?,14-,15-/m0/s1. The summed E-state index contributed by atoms with van der Waals surface area (Å²) in [5, 5.41) is 30.8. The van der Waals surface area contributed by atoms with Crippen LogP contribution in [-0.4, -0.2) is 39.4 Å². The van der Waals surface area contributed by atoms with Crippen LogP contribution in [0, 0.1) is 28.6 Å². The molecular weight excluding hydrogens is 244 g/mol. The molecule has 3 saturated carbocycles. The molecule has 3 aliphatic carbocycles. The Hall–Kier alpha value is -0.450. The molecule has 0 aromatic rings. The van der Waals surface area contributed by atoms with Crippen LogP contribution in [0.4, 0.5) is 0 Å². The van der Waals surface area contributed by atoms with Crippen molar-refractivity contribution in [3.05, 3.63) is 0 Å². The summed E-state index contributed by atoms with van der Waals surface area (Å²) < 4.78 is 0. The Kier molecular flexibility index (Phi) is 2.56. The van der Waals surface area contributed by atoms with Crippen LogP contribution >= 0.6 is 0 Å². The molecule has 3 N–H and O–H groups in total. The largest absolute Gasteiger partial charge is 0.395 e. The van der Waals surface area contributed by atoms with Crippen LogP contribution in [0.1, 0.15) is 40.0 Å². The molecule has 4 bridgehead atoms. The van der Waals surface area contributed by atoms with E-state index in [9.17, 15) is 20.1 Å². The fraction of sp³-hybridized carbons (Fsp3) is 0.933. The van der Waals surface area contributed by atoms with Crippen molar-refractivity contribution in [1.82, 2.24) is 0 Å². The number of hydrogen-bond acceptors (Lipinski definition) is 4. The summed E-state index contributed by atoms with van der Waals surface area (Å²) >= 11 is 0. The number of Topliss-reactive ketones (excluding diaryl/α,β-unsaturated/α-hetero) is 1. The van der Waals surface area contributed by atoms with Crippen molar-refractivity contribution >= 4 is 5.78 Å². The highest BCUT2D eigenvalue weighted by Crippen LogP contribution is 2.72. The monoisotopic (exact) mass is 268 g/mol. The molecule has 4 heteroatoms. The van der Waals surface area contributed by atoms with Crippen molar-refractivity contribution in [2.24, 2.45) is 28.6 Å². The van der Waals surface area contributed by atoms with E-state index in [1.807, 2.05) is 6.92 Å². The van der Waals surface area contributed by atoms with Crippen LogP contribution in [0.25, 0.3) is 0 Å². The number of aliphatic hydroxyl groups excluding tert-OH is 2. The van der Waals surface area contributed by atoms with E-state index in [1.165, 1.54) is 0 Å². The van der Waals surface area contributed by atoms with Crippen LogP contribution in [0.5, 0.6) is 0 Å². The predicted molar refractivity (Wildman–Crippen MR) is 69.3 cm³/mol. The van der Waals surface area contributed by atoms with Gasteiger partial charge in [-0.2, -0.15) is 0 Å². The number of carbonyl (C=O) groups excluding carboxylic acids is 1. The lowest BCUT2D eigenvalue weighted by atomic mass is 9.59. The second kappa shape index (κ2) is 3.60. The number of rotatable bonds is 2. The van der Waals surface area contributed by atoms with Crippen molar-refractivity contribution in [3.8, 4) is 0 Å². The fourth-order valence-corrected chi connectivity index (χ4v) is 5.49. The van der Waals surface area contributed by atoms with Crippen LogP contribution in [0.2, 0.25) is 0 Å². The minimum atomic E-state index is -0.968. The lowest BCUT2D eigenvalue weighted by molar-refractivity contribution is -0.138. The molecule has 0 aliphatic heterocycles. The highest BCUT2D eigenvalue weighted by Gasteiger charge is 2.76. The van der Waals surface area contributed by atoms with Gasteiger partial charge in [-0.3, -0.25) is 4.79 Å². The van der Waals surface area contributed by atoms with Gasteiger partial charge in [-0.25, -0.2) is 0 Å². The molecule has 3 rings (SSSR count). The molecule has 3 fully saturated rings. The van der Waals surface area contributed by atoms with Gasteiger partial charge in [0.1, 0.15) is 5.78 Å². The van der Waals surface area contributed by atoms with E-state index in [0.717, 1.165) is 6.42 Å². The second-order valence-corrected chi connectivity index (χ2v) is 7.57. The van der Waals surface area contributed by atoms with Crippen molar-refractivity contribution in [1.29, 1.82) is 0 Å². The molecule has 0 aromatic heterocycles. The molecule has 19 heavy (non-hydrogen) atoms. The zero-order chi connectivity index (χ0) is 14.2. The Bertz CT molecular complexity index is 426. The SMILES string of the molecule is CC(C)(O)[C@@H]1C[C@@H](O)[C@]2(C)[C@H]3CC[C@]2(CO)C(=O)C13. The van der Waals surface area contributed by atoms with Gasteiger partial charge in [0.05, 0.1) is 23.7 Å². The average Bonchev–Trinajstić information content (AvgIpc) is 2.69. The minimum Gasteiger partial charge on any atom is -0.395 e. The average molecular weight is 268 g/mol. The number of ketones is 1. The lowest BCUT2D eigenvalue weighted by Gasteiger charge is -2.48. The summed E-state index contributed by atoms with van der Waals surface area (Å²) in [5.74, 6) is -0.221. The Balaban J connectivity index is 2.13. The maximum atomic E-state index is 12.8. The number of aliphatic hydroxyl groups is 3. The van der Waals surface area contributed by atoms with E-state index in [1.54, 1.807) is 13.8 Å². The first-order valence-electron chi connectivity index (χ1n) is 7.26. The molecule has 1 unspecified atom stereocenters. The zero-order valence-electron chi connectivity index (χ0n) is 11.9. The van der Waals surface area contributed by atoms with Crippen molar-refractivity contribution < 1.29 is 20.1 Å². The summed E-state index contributed by atoms with van der Waals surface area (Å²) in [6.07, 6.45) is 1.38. The van der Waals surface area contributed by atoms with Crippen molar-refractivity contribution in [2.45, 2.75) is 51.7 Å². The summed E-state index contributed by atoms with van der Waals surface area (Å²) in [6.45, 7) is 5.23. The molecule has 3 aliphatic rings. The van der Waals surface area contributed by atoms with Crippen LogP contribution in [-0.2, 0) is 4.79 Å². The van der Waals surface area contributed by atoms with Gasteiger partial charge in [0.2, 0.25) is 0 Å². The molecule has 0 aromatic carbocycles. The van der Waals surface area contributed by atoms with E-state index < -0.39 is 22.5 Å². The van der Waals surface area contributed by atoms with E-state index in [2.05, 4.69) is 0 Å². The molecule has 6 atom stereocenters. The lowest BCUT2D eigenvalue weighted by Crippen LogP contribution is -2.51. The van der Waals surface area contributed by atoms with E-state index in [-0.39, 0.29) is 30.1 Å². The second-order valence-electron chi connectivity index (χ2n) is 7.57. The van der Waals surface area contributed by atoms with Gasteiger partial charge in [-0.05, 0) is 44.9 Å². The van der Waals surface area contributed by atoms with Crippen LogP contribution < -0.4 is 0 Å². The smallest absolute Gasteiger partial charge is 0.145 e. The van der Waals surface area contributed by atoms with Crippen molar-refractivity contribution in [2.75, 3.05) is 6.61 Å². The molecule has 0 spiro atoms. The van der Waals surface area contributed by atoms with E-state index >= 15 is 0 Å². The first-order chi connectivity index (χ1) is 8.70. The number of hydrogen-bond donors (Lipinski definition) is 3. The number of carbonyl (C=O) groups is 1. The summed E-state index contributed by atoms with van der Waals surface area (Å²) in [7, 11) is 0.